The normalized spacial score (nSPS) is 38.7. The number of hydrogen-bond acceptors (Lipinski definition) is 5. The number of aliphatic hydroxyl groups is 2. The Balaban J connectivity index is 2.25. The molecule has 0 unspecified atom stereocenters. The van der Waals surface area contributed by atoms with Crippen LogP contribution in [-0.2, 0) is 9.53 Å². The summed E-state index contributed by atoms with van der Waals surface area (Å²) in [5.41, 5.74) is -2.00. The molecular weight excluding hydrogens is 262 g/mol. The van der Waals surface area contributed by atoms with Crippen molar-refractivity contribution in [1.82, 2.24) is 10.2 Å². The number of hydrogen-bond donors (Lipinski definition) is 3. The van der Waals surface area contributed by atoms with Gasteiger partial charge in [-0.05, 0) is 0 Å². The van der Waals surface area contributed by atoms with Crippen LogP contribution >= 0.6 is 0 Å². The second-order valence-corrected chi connectivity index (χ2v) is 4.41. The van der Waals surface area contributed by atoms with Crippen molar-refractivity contribution >= 4 is 5.91 Å². The van der Waals surface area contributed by atoms with Gasteiger partial charge in [-0.2, -0.15) is 0 Å². The first-order valence-electron chi connectivity index (χ1n) is 5.58. The summed E-state index contributed by atoms with van der Waals surface area (Å²) >= 11 is 0. The van der Waals surface area contributed by atoms with E-state index in [0.717, 1.165) is 11.0 Å². The van der Waals surface area contributed by atoms with E-state index in [9.17, 15) is 18.7 Å². The molecule has 0 aromatic heterocycles. The molecule has 2 aliphatic heterocycles. The maximum atomic E-state index is 14.0. The van der Waals surface area contributed by atoms with E-state index in [4.69, 9.17) is 9.84 Å². The predicted octanol–water partition coefficient (Wildman–Crippen LogP) is -0.841. The minimum atomic E-state index is -2.00. The van der Waals surface area contributed by atoms with E-state index < -0.39 is 43.3 Å². The average Bonchev–Trinajstić information content (AvgIpc) is 2.64. The van der Waals surface area contributed by atoms with Gasteiger partial charge in [0.1, 0.15) is 18.6 Å². The molecule has 0 saturated carbocycles. The van der Waals surface area contributed by atoms with Crippen LogP contribution in [0.15, 0.2) is 24.7 Å². The third-order valence-electron chi connectivity index (χ3n) is 3.20. The van der Waals surface area contributed by atoms with Crippen LogP contribution in [0, 0.1) is 0 Å². The SMILES string of the molecule is C=C1NC(=O)C=CN1[C@@H]1O[C@@](CO)(CF)[C@@H](O)[C@@H]1F. The van der Waals surface area contributed by atoms with Gasteiger partial charge in [0.25, 0.3) is 5.91 Å². The molecule has 3 N–H and O–H groups in total. The molecule has 0 radical (unpaired) electrons. The van der Waals surface area contributed by atoms with Crippen LogP contribution in [0.5, 0.6) is 0 Å². The monoisotopic (exact) mass is 276 g/mol. The van der Waals surface area contributed by atoms with E-state index in [1.165, 1.54) is 6.20 Å². The number of ether oxygens (including phenoxy) is 1. The Kier molecular flexibility index (Phi) is 3.57. The smallest absolute Gasteiger partial charge is 0.250 e. The second-order valence-electron chi connectivity index (χ2n) is 4.41. The zero-order chi connectivity index (χ0) is 14.2. The third-order valence-corrected chi connectivity index (χ3v) is 3.20. The lowest BCUT2D eigenvalue weighted by Crippen LogP contribution is -2.47. The molecule has 106 valence electrons. The number of rotatable bonds is 3. The molecule has 0 aromatic carbocycles. The van der Waals surface area contributed by atoms with Crippen LogP contribution < -0.4 is 5.32 Å². The lowest BCUT2D eigenvalue weighted by Gasteiger charge is -2.33. The lowest BCUT2D eigenvalue weighted by atomic mass is 9.98. The fraction of sp³-hybridized carbons (Fsp3) is 0.545. The van der Waals surface area contributed by atoms with Crippen LogP contribution in [0.4, 0.5) is 8.78 Å². The van der Waals surface area contributed by atoms with Gasteiger partial charge in [0, 0.05) is 12.3 Å². The number of alkyl halides is 2. The fourth-order valence-electron chi connectivity index (χ4n) is 2.04. The maximum absolute atomic E-state index is 14.0. The Labute approximate surface area is 108 Å². The number of carbonyl (C=O) groups is 1. The van der Waals surface area contributed by atoms with Crippen molar-refractivity contribution in [3.05, 3.63) is 24.7 Å². The first kappa shape index (κ1) is 13.9. The van der Waals surface area contributed by atoms with Gasteiger partial charge in [0.15, 0.2) is 18.0 Å². The molecule has 0 bridgehead atoms. The van der Waals surface area contributed by atoms with Crippen molar-refractivity contribution in [2.45, 2.75) is 24.1 Å². The number of nitrogens with zero attached hydrogens (tertiary/aromatic N) is 1. The first-order valence-corrected chi connectivity index (χ1v) is 5.58. The van der Waals surface area contributed by atoms with Crippen molar-refractivity contribution in [2.24, 2.45) is 0 Å². The summed E-state index contributed by atoms with van der Waals surface area (Å²) in [5, 5.41) is 21.1. The molecule has 0 spiro atoms. The second kappa shape index (κ2) is 4.87. The van der Waals surface area contributed by atoms with Gasteiger partial charge >= 0.3 is 0 Å². The Morgan fingerprint density at radius 2 is 2.32 bits per heavy atom. The summed E-state index contributed by atoms with van der Waals surface area (Å²) in [6.45, 7) is 1.41. The van der Waals surface area contributed by atoms with Gasteiger partial charge in [-0.25, -0.2) is 8.78 Å². The molecule has 1 amide bonds. The number of nitrogens with one attached hydrogen (secondary N) is 1. The topological polar surface area (TPSA) is 82.0 Å². The number of carbonyl (C=O) groups excluding carboxylic acids is 1. The summed E-state index contributed by atoms with van der Waals surface area (Å²) in [4.78, 5) is 12.2. The van der Waals surface area contributed by atoms with Crippen LogP contribution in [0.2, 0.25) is 0 Å². The van der Waals surface area contributed by atoms with Crippen molar-refractivity contribution < 1.29 is 28.5 Å². The highest BCUT2D eigenvalue weighted by Gasteiger charge is 2.57. The van der Waals surface area contributed by atoms with Crippen molar-refractivity contribution in [3.8, 4) is 0 Å². The average molecular weight is 276 g/mol. The largest absolute Gasteiger partial charge is 0.393 e. The highest BCUT2D eigenvalue weighted by atomic mass is 19.1. The molecule has 2 aliphatic rings. The van der Waals surface area contributed by atoms with Gasteiger partial charge in [-0.15, -0.1) is 0 Å². The standard InChI is InChI=1S/C11H14F2N2O4/c1-6-14-7(17)2-3-15(6)10-8(13)9(18)11(4-12,5-16)19-10/h2-3,8-10,16,18H,1,4-5H2,(H,14,17)/t8-,9-,10+,11+/m0/s1. The van der Waals surface area contributed by atoms with E-state index in [2.05, 4.69) is 11.9 Å². The highest BCUT2D eigenvalue weighted by molar-refractivity contribution is 5.89. The van der Waals surface area contributed by atoms with Gasteiger partial charge in [0.05, 0.1) is 6.61 Å². The van der Waals surface area contributed by atoms with Crippen molar-refractivity contribution in [1.29, 1.82) is 0 Å². The molecule has 2 rings (SSSR count). The summed E-state index contributed by atoms with van der Waals surface area (Å²) in [6.07, 6.45) is -2.81. The number of amides is 1. The van der Waals surface area contributed by atoms with Crippen LogP contribution in [0.3, 0.4) is 0 Å². The third kappa shape index (κ3) is 2.11. The Morgan fingerprint density at radius 3 is 2.79 bits per heavy atom. The molecule has 19 heavy (non-hydrogen) atoms. The summed E-state index contributed by atoms with van der Waals surface area (Å²) < 4.78 is 32.1. The summed E-state index contributed by atoms with van der Waals surface area (Å²) in [6, 6.07) is 0. The summed E-state index contributed by atoms with van der Waals surface area (Å²) in [5.74, 6) is -0.394. The molecule has 6 nitrogen and oxygen atoms in total. The van der Waals surface area contributed by atoms with E-state index in [0.29, 0.717) is 0 Å². The van der Waals surface area contributed by atoms with Crippen LogP contribution in [-0.4, -0.2) is 58.4 Å². The van der Waals surface area contributed by atoms with Gasteiger partial charge in [-0.3, -0.25) is 4.79 Å². The molecule has 1 saturated heterocycles. The fourth-order valence-corrected chi connectivity index (χ4v) is 2.04. The highest BCUT2D eigenvalue weighted by Crippen LogP contribution is 2.36. The Bertz CT molecular complexity index is 425. The van der Waals surface area contributed by atoms with E-state index in [1.807, 2.05) is 0 Å². The van der Waals surface area contributed by atoms with Crippen molar-refractivity contribution in [3.63, 3.8) is 0 Å². The lowest BCUT2D eigenvalue weighted by molar-refractivity contribution is -0.144. The molecule has 1 fully saturated rings. The van der Waals surface area contributed by atoms with Gasteiger partial charge < -0.3 is 25.2 Å². The minimum Gasteiger partial charge on any atom is -0.393 e. The minimum absolute atomic E-state index is 0.0416. The number of aliphatic hydroxyl groups excluding tert-OH is 2. The molecule has 4 atom stereocenters. The molecule has 0 aliphatic carbocycles. The molecule has 2 heterocycles. The Morgan fingerprint density at radius 1 is 1.63 bits per heavy atom. The van der Waals surface area contributed by atoms with Crippen LogP contribution in [0.1, 0.15) is 0 Å². The summed E-state index contributed by atoms with van der Waals surface area (Å²) in [7, 11) is 0. The maximum Gasteiger partial charge on any atom is 0.250 e. The zero-order valence-corrected chi connectivity index (χ0v) is 9.92. The van der Waals surface area contributed by atoms with E-state index in [1.54, 1.807) is 0 Å². The molecule has 8 heteroatoms. The predicted molar refractivity (Wildman–Crippen MR) is 59.8 cm³/mol. The number of halogens is 2. The quantitative estimate of drug-likeness (QED) is 0.626. The van der Waals surface area contributed by atoms with Crippen molar-refractivity contribution in [2.75, 3.05) is 13.3 Å². The molecule has 0 aromatic rings. The van der Waals surface area contributed by atoms with E-state index in [-0.39, 0.29) is 5.82 Å². The Hall–Kier alpha value is -1.51. The van der Waals surface area contributed by atoms with E-state index >= 15 is 0 Å². The zero-order valence-electron chi connectivity index (χ0n) is 9.92. The van der Waals surface area contributed by atoms with Gasteiger partial charge in [0.2, 0.25) is 0 Å². The molecular formula is C11H14F2N2O4. The first-order chi connectivity index (χ1) is 8.95. The van der Waals surface area contributed by atoms with Gasteiger partial charge in [-0.1, -0.05) is 6.58 Å². The van der Waals surface area contributed by atoms with Crippen LogP contribution in [0.25, 0.3) is 0 Å².